The minimum atomic E-state index is -0.248. The Morgan fingerprint density at radius 2 is 2.00 bits per heavy atom. The highest BCUT2D eigenvalue weighted by Gasteiger charge is 2.10. The van der Waals surface area contributed by atoms with Crippen molar-refractivity contribution in [1.29, 1.82) is 0 Å². The Hall–Kier alpha value is -3.94. The first-order chi connectivity index (χ1) is 13.5. The van der Waals surface area contributed by atoms with Crippen LogP contribution in [0.3, 0.4) is 0 Å². The van der Waals surface area contributed by atoms with E-state index in [9.17, 15) is 14.7 Å². The van der Waals surface area contributed by atoms with Gasteiger partial charge >= 0.3 is 0 Å². The van der Waals surface area contributed by atoms with Crippen molar-refractivity contribution in [2.24, 2.45) is 0 Å². The maximum atomic E-state index is 12.2. The number of anilines is 1. The van der Waals surface area contributed by atoms with Crippen LogP contribution >= 0.6 is 0 Å². The molecule has 0 radical (unpaired) electrons. The summed E-state index contributed by atoms with van der Waals surface area (Å²) in [5, 5.41) is 17.2. The zero-order chi connectivity index (χ0) is 19.7. The van der Waals surface area contributed by atoms with Gasteiger partial charge in [0.15, 0.2) is 5.65 Å². The number of amides is 1. The molecule has 140 valence electrons. The van der Waals surface area contributed by atoms with Gasteiger partial charge in [0, 0.05) is 5.69 Å². The number of phenolic OH excluding ortho intramolecular Hbond substituents is 1. The van der Waals surface area contributed by atoms with Gasteiger partial charge in [-0.15, -0.1) is 0 Å². The fraction of sp³-hybridized carbons (Fsp3) is 0.100. The standard InChI is InChI=1S/C20H17N5O3/c1-12-2-3-13(8-17(12)26)9-18(27)24-14-4-6-15(7-5-14)25-19-16(10-23-25)20(28)22-11-21-19/h2-8,10-11,26H,9H2,1H3,(H,24,27)(H,21,22,28). The highest BCUT2D eigenvalue weighted by Crippen LogP contribution is 2.19. The van der Waals surface area contributed by atoms with Gasteiger partial charge in [0.05, 0.1) is 24.6 Å². The summed E-state index contributed by atoms with van der Waals surface area (Å²) in [6, 6.07) is 12.2. The molecule has 8 heteroatoms. The highest BCUT2D eigenvalue weighted by molar-refractivity contribution is 5.92. The molecule has 2 aromatic carbocycles. The van der Waals surface area contributed by atoms with E-state index in [0.717, 1.165) is 16.8 Å². The fourth-order valence-corrected chi connectivity index (χ4v) is 2.89. The van der Waals surface area contributed by atoms with Crippen molar-refractivity contribution in [2.75, 3.05) is 5.32 Å². The van der Waals surface area contributed by atoms with Gasteiger partial charge in [0.2, 0.25) is 5.91 Å². The Morgan fingerprint density at radius 1 is 1.21 bits per heavy atom. The number of H-pyrrole nitrogens is 1. The summed E-state index contributed by atoms with van der Waals surface area (Å²) in [6.45, 7) is 1.80. The van der Waals surface area contributed by atoms with Gasteiger partial charge < -0.3 is 15.4 Å². The smallest absolute Gasteiger partial charge is 0.261 e. The Morgan fingerprint density at radius 3 is 2.75 bits per heavy atom. The van der Waals surface area contributed by atoms with E-state index in [0.29, 0.717) is 16.7 Å². The van der Waals surface area contributed by atoms with Crippen molar-refractivity contribution in [3.63, 3.8) is 0 Å². The van der Waals surface area contributed by atoms with Crippen molar-refractivity contribution >= 4 is 22.6 Å². The maximum Gasteiger partial charge on any atom is 0.261 e. The summed E-state index contributed by atoms with van der Waals surface area (Å²) < 4.78 is 1.56. The molecule has 0 unspecified atom stereocenters. The van der Waals surface area contributed by atoms with Crippen LogP contribution in [0.2, 0.25) is 0 Å². The molecule has 0 atom stereocenters. The van der Waals surface area contributed by atoms with Crippen LogP contribution in [0.4, 0.5) is 5.69 Å². The molecule has 2 heterocycles. The second-order valence-corrected chi connectivity index (χ2v) is 6.42. The Bertz CT molecular complexity index is 1220. The number of fused-ring (bicyclic) bond motifs is 1. The highest BCUT2D eigenvalue weighted by atomic mass is 16.3. The van der Waals surface area contributed by atoms with Crippen LogP contribution in [0, 0.1) is 6.92 Å². The summed E-state index contributed by atoms with van der Waals surface area (Å²) in [5.74, 6) is -0.0118. The van der Waals surface area contributed by atoms with E-state index in [1.165, 1.54) is 12.5 Å². The van der Waals surface area contributed by atoms with Crippen LogP contribution < -0.4 is 10.9 Å². The summed E-state index contributed by atoms with van der Waals surface area (Å²) in [5.41, 5.74) is 3.06. The van der Waals surface area contributed by atoms with Gasteiger partial charge in [0.25, 0.3) is 5.56 Å². The third kappa shape index (κ3) is 3.35. The van der Waals surface area contributed by atoms with E-state index in [-0.39, 0.29) is 23.6 Å². The van der Waals surface area contributed by atoms with Crippen LogP contribution in [-0.4, -0.2) is 30.8 Å². The molecule has 0 saturated heterocycles. The molecule has 0 aliphatic carbocycles. The van der Waals surface area contributed by atoms with Gasteiger partial charge in [-0.1, -0.05) is 12.1 Å². The zero-order valence-electron chi connectivity index (χ0n) is 15.0. The average Bonchev–Trinajstić information content (AvgIpc) is 3.11. The number of benzene rings is 2. The summed E-state index contributed by atoms with van der Waals surface area (Å²) in [6.07, 6.45) is 2.96. The van der Waals surface area contributed by atoms with Crippen molar-refractivity contribution in [3.05, 3.63) is 76.5 Å². The monoisotopic (exact) mass is 375 g/mol. The van der Waals surface area contributed by atoms with Gasteiger partial charge in [-0.2, -0.15) is 5.10 Å². The van der Waals surface area contributed by atoms with Crippen molar-refractivity contribution in [2.45, 2.75) is 13.3 Å². The minimum Gasteiger partial charge on any atom is -0.508 e. The van der Waals surface area contributed by atoms with E-state index in [1.807, 2.05) is 6.07 Å². The fourth-order valence-electron chi connectivity index (χ4n) is 2.89. The predicted octanol–water partition coefficient (Wildman–Crippen LogP) is 2.30. The molecule has 3 N–H and O–H groups in total. The number of aromatic hydroxyl groups is 1. The molecule has 0 bridgehead atoms. The Balaban J connectivity index is 1.50. The maximum absolute atomic E-state index is 12.2. The third-order valence-corrected chi connectivity index (χ3v) is 4.40. The van der Waals surface area contributed by atoms with Gasteiger partial charge in [0.1, 0.15) is 11.1 Å². The van der Waals surface area contributed by atoms with Crippen LogP contribution in [0.5, 0.6) is 5.75 Å². The molecule has 8 nitrogen and oxygen atoms in total. The Kier molecular flexibility index (Phi) is 4.36. The summed E-state index contributed by atoms with van der Waals surface area (Å²) >= 11 is 0. The van der Waals surface area contributed by atoms with Crippen LogP contribution in [0.1, 0.15) is 11.1 Å². The molecular weight excluding hydrogens is 358 g/mol. The molecule has 2 aromatic heterocycles. The normalized spacial score (nSPS) is 10.9. The number of nitrogens with one attached hydrogen (secondary N) is 2. The van der Waals surface area contributed by atoms with E-state index in [2.05, 4.69) is 20.4 Å². The minimum absolute atomic E-state index is 0.159. The van der Waals surface area contributed by atoms with E-state index in [4.69, 9.17) is 0 Å². The molecule has 0 spiro atoms. The second-order valence-electron chi connectivity index (χ2n) is 6.42. The largest absolute Gasteiger partial charge is 0.508 e. The van der Waals surface area contributed by atoms with Crippen LogP contribution in [-0.2, 0) is 11.2 Å². The number of hydrogen-bond donors (Lipinski definition) is 3. The molecule has 0 saturated carbocycles. The number of aryl methyl sites for hydroxylation is 1. The van der Waals surface area contributed by atoms with Crippen LogP contribution in [0.25, 0.3) is 16.7 Å². The van der Waals surface area contributed by atoms with E-state index < -0.39 is 0 Å². The van der Waals surface area contributed by atoms with Gasteiger partial charge in [-0.3, -0.25) is 9.59 Å². The lowest BCUT2D eigenvalue weighted by atomic mass is 10.1. The number of rotatable bonds is 4. The zero-order valence-corrected chi connectivity index (χ0v) is 15.0. The first-order valence-electron chi connectivity index (χ1n) is 8.61. The molecule has 0 fully saturated rings. The molecule has 4 aromatic rings. The van der Waals surface area contributed by atoms with Gasteiger partial charge in [-0.05, 0) is 48.4 Å². The number of aromatic amines is 1. The number of carbonyl (C=O) groups is 1. The molecule has 0 aliphatic heterocycles. The molecule has 28 heavy (non-hydrogen) atoms. The van der Waals surface area contributed by atoms with Gasteiger partial charge in [-0.25, -0.2) is 9.67 Å². The SMILES string of the molecule is Cc1ccc(CC(=O)Nc2ccc(-n3ncc4c(=O)[nH]cnc43)cc2)cc1O. The first-order valence-corrected chi connectivity index (χ1v) is 8.61. The molecule has 4 rings (SSSR count). The second kappa shape index (κ2) is 6.99. The number of hydrogen-bond acceptors (Lipinski definition) is 5. The number of carbonyl (C=O) groups excluding carboxylic acids is 1. The van der Waals surface area contributed by atoms with Crippen molar-refractivity contribution < 1.29 is 9.90 Å². The van der Waals surface area contributed by atoms with Crippen molar-refractivity contribution in [3.8, 4) is 11.4 Å². The predicted molar refractivity (Wildman–Crippen MR) is 105 cm³/mol. The van der Waals surface area contributed by atoms with Crippen LogP contribution in [0.15, 0.2) is 59.8 Å². The summed E-state index contributed by atoms with van der Waals surface area (Å²) in [7, 11) is 0. The lowest BCUT2D eigenvalue weighted by molar-refractivity contribution is -0.115. The molecule has 1 amide bonds. The van der Waals surface area contributed by atoms with E-state index in [1.54, 1.807) is 48.0 Å². The average molecular weight is 375 g/mol. The topological polar surface area (TPSA) is 113 Å². The number of aromatic nitrogens is 4. The molecule has 0 aliphatic rings. The lowest BCUT2D eigenvalue weighted by Crippen LogP contribution is -2.14. The lowest BCUT2D eigenvalue weighted by Gasteiger charge is -2.08. The Labute approximate surface area is 159 Å². The first kappa shape index (κ1) is 17.5. The van der Waals surface area contributed by atoms with Crippen molar-refractivity contribution in [1.82, 2.24) is 19.7 Å². The van der Waals surface area contributed by atoms with E-state index >= 15 is 0 Å². The number of phenols is 1. The number of nitrogens with zero attached hydrogens (tertiary/aromatic N) is 3. The quantitative estimate of drug-likeness (QED) is 0.507. The summed E-state index contributed by atoms with van der Waals surface area (Å²) in [4.78, 5) is 30.7. The third-order valence-electron chi connectivity index (χ3n) is 4.40. The molecular formula is C20H17N5O3.